The van der Waals surface area contributed by atoms with Gasteiger partial charge in [0.15, 0.2) is 5.17 Å². The molecule has 0 radical (unpaired) electrons. The predicted molar refractivity (Wildman–Crippen MR) is 113 cm³/mol. The van der Waals surface area contributed by atoms with Gasteiger partial charge in [0.25, 0.3) is 0 Å². The van der Waals surface area contributed by atoms with Crippen molar-refractivity contribution in [1.29, 1.82) is 0 Å². The zero-order valence-electron chi connectivity index (χ0n) is 15.6. The highest BCUT2D eigenvalue weighted by molar-refractivity contribution is 9.10. The number of hydrogen-bond acceptors (Lipinski definition) is 6. The molecule has 1 aromatic heterocycles. The number of benzene rings is 1. The minimum atomic E-state index is -0.0581. The highest BCUT2D eigenvalue weighted by Gasteiger charge is 2.46. The summed E-state index contributed by atoms with van der Waals surface area (Å²) in [7, 11) is 3.37. The molecule has 3 atom stereocenters. The number of rotatable bonds is 5. The first-order valence-corrected chi connectivity index (χ1v) is 10.8. The van der Waals surface area contributed by atoms with Crippen LogP contribution in [0.2, 0.25) is 0 Å². The third-order valence-corrected chi connectivity index (χ3v) is 6.90. The van der Waals surface area contributed by atoms with E-state index in [2.05, 4.69) is 44.9 Å². The van der Waals surface area contributed by atoms with Gasteiger partial charge in [-0.2, -0.15) is 0 Å². The first-order chi connectivity index (χ1) is 13.2. The van der Waals surface area contributed by atoms with Gasteiger partial charge in [0.2, 0.25) is 0 Å². The fraction of sp³-hybridized carbons (Fsp3) is 0.400. The smallest absolute Gasteiger partial charge is 0.160 e. The average Bonchev–Trinajstić information content (AvgIpc) is 3.27. The molecule has 1 aromatic carbocycles. The summed E-state index contributed by atoms with van der Waals surface area (Å²) < 4.78 is 12.1. The van der Waals surface area contributed by atoms with Crippen molar-refractivity contribution in [2.24, 2.45) is 4.99 Å². The minimum Gasteiger partial charge on any atom is -0.496 e. The number of methoxy groups -OCH3 is 2. The molecule has 1 saturated heterocycles. The summed E-state index contributed by atoms with van der Waals surface area (Å²) in [6.45, 7) is 2.24. The number of amidine groups is 1. The number of nitrogens with zero attached hydrogens (tertiary/aromatic N) is 3. The number of thioether (sulfide) groups is 1. The van der Waals surface area contributed by atoms with Crippen molar-refractivity contribution in [3.8, 4) is 11.5 Å². The summed E-state index contributed by atoms with van der Waals surface area (Å²) in [5.74, 6) is 2.64. The lowest BCUT2D eigenvalue weighted by molar-refractivity contribution is 0.248. The van der Waals surface area contributed by atoms with Crippen molar-refractivity contribution in [2.45, 2.75) is 31.5 Å². The average molecular weight is 448 g/mol. The van der Waals surface area contributed by atoms with Crippen LogP contribution in [0, 0.1) is 0 Å². The van der Waals surface area contributed by atoms with Crippen molar-refractivity contribution >= 4 is 32.9 Å². The molecule has 0 aliphatic carbocycles. The molecule has 2 aromatic rings. The number of pyridine rings is 1. The van der Waals surface area contributed by atoms with E-state index in [1.807, 2.05) is 36.2 Å². The van der Waals surface area contributed by atoms with Crippen molar-refractivity contribution in [3.05, 3.63) is 52.3 Å². The number of aromatic nitrogens is 1. The highest BCUT2D eigenvalue weighted by Crippen LogP contribution is 2.51. The van der Waals surface area contributed by atoms with E-state index in [0.717, 1.165) is 44.6 Å². The second-order valence-corrected chi connectivity index (χ2v) is 8.41. The van der Waals surface area contributed by atoms with E-state index in [4.69, 9.17) is 14.5 Å². The Bertz CT molecular complexity index is 862. The summed E-state index contributed by atoms with van der Waals surface area (Å²) in [5.41, 5.74) is 2.08. The topological polar surface area (TPSA) is 47.0 Å². The van der Waals surface area contributed by atoms with E-state index in [0.29, 0.717) is 6.04 Å². The Balaban J connectivity index is 1.86. The first kappa shape index (κ1) is 18.6. The van der Waals surface area contributed by atoms with Crippen LogP contribution in [-0.2, 0) is 0 Å². The maximum absolute atomic E-state index is 5.75. The van der Waals surface area contributed by atoms with Crippen LogP contribution in [0.4, 0.5) is 0 Å². The Morgan fingerprint density at radius 3 is 2.70 bits per heavy atom. The monoisotopic (exact) mass is 447 g/mol. The van der Waals surface area contributed by atoms with E-state index >= 15 is 0 Å². The van der Waals surface area contributed by atoms with Gasteiger partial charge >= 0.3 is 0 Å². The number of halogens is 1. The van der Waals surface area contributed by atoms with Gasteiger partial charge in [-0.1, -0.05) is 24.8 Å². The number of fused-ring (bicyclic) bond motifs is 1. The van der Waals surface area contributed by atoms with Crippen molar-refractivity contribution in [1.82, 2.24) is 9.88 Å². The Kier molecular flexibility index (Phi) is 5.32. The molecule has 2 aliphatic rings. The summed E-state index contributed by atoms with van der Waals surface area (Å²) in [6, 6.07) is 10.5. The molecule has 0 N–H and O–H groups in total. The molecule has 3 heterocycles. The molecule has 0 bridgehead atoms. The van der Waals surface area contributed by atoms with Gasteiger partial charge in [-0.05, 0) is 40.5 Å². The quantitative estimate of drug-likeness (QED) is 0.655. The third-order valence-electron chi connectivity index (χ3n) is 5.15. The van der Waals surface area contributed by atoms with Gasteiger partial charge in [-0.3, -0.25) is 9.98 Å². The Labute approximate surface area is 172 Å². The van der Waals surface area contributed by atoms with Gasteiger partial charge in [-0.25, -0.2) is 0 Å². The molecule has 1 fully saturated rings. The van der Waals surface area contributed by atoms with Gasteiger partial charge < -0.3 is 14.4 Å². The Morgan fingerprint density at radius 1 is 1.22 bits per heavy atom. The standard InChI is InChI=1S/C20H22BrN3O2S/c1-4-12-11-27-20-23-18(15-7-5-6-8-22-15)19(24(12)20)13-9-14(21)17(26-3)10-16(13)25-2/h5-10,12,18-19H,4,11H2,1-3H3/t12-,18-,19+/m0/s1. The van der Waals surface area contributed by atoms with Crippen molar-refractivity contribution in [3.63, 3.8) is 0 Å². The largest absolute Gasteiger partial charge is 0.496 e. The summed E-state index contributed by atoms with van der Waals surface area (Å²) in [4.78, 5) is 12.1. The minimum absolute atomic E-state index is 0.0482. The van der Waals surface area contributed by atoms with Crippen LogP contribution < -0.4 is 9.47 Å². The fourth-order valence-electron chi connectivity index (χ4n) is 3.80. The molecule has 0 unspecified atom stereocenters. The fourth-order valence-corrected chi connectivity index (χ4v) is 5.66. The van der Waals surface area contributed by atoms with Crippen LogP contribution >= 0.6 is 27.7 Å². The van der Waals surface area contributed by atoms with Crippen LogP contribution in [0.1, 0.15) is 36.7 Å². The van der Waals surface area contributed by atoms with Crippen molar-refractivity contribution < 1.29 is 9.47 Å². The molecule has 0 saturated carbocycles. The number of hydrogen-bond donors (Lipinski definition) is 0. The molecule has 4 rings (SSSR count). The van der Waals surface area contributed by atoms with Gasteiger partial charge in [0.1, 0.15) is 17.5 Å². The molecule has 27 heavy (non-hydrogen) atoms. The van der Waals surface area contributed by atoms with E-state index in [9.17, 15) is 0 Å². The van der Waals surface area contributed by atoms with Crippen LogP contribution in [0.25, 0.3) is 0 Å². The van der Waals surface area contributed by atoms with E-state index < -0.39 is 0 Å². The molecule has 2 aliphatic heterocycles. The molecule has 5 nitrogen and oxygen atoms in total. The summed E-state index contributed by atoms with van der Waals surface area (Å²) >= 11 is 5.48. The van der Waals surface area contributed by atoms with E-state index in [-0.39, 0.29) is 12.1 Å². The zero-order valence-corrected chi connectivity index (χ0v) is 18.0. The maximum atomic E-state index is 5.75. The molecule has 142 valence electrons. The van der Waals surface area contributed by atoms with Crippen LogP contribution in [-0.4, -0.2) is 41.1 Å². The molecule has 7 heteroatoms. The summed E-state index contributed by atoms with van der Waals surface area (Å²) in [5, 5.41) is 1.11. The van der Waals surface area contributed by atoms with Gasteiger partial charge in [0.05, 0.1) is 30.4 Å². The second kappa shape index (κ2) is 7.72. The molecular formula is C20H22BrN3O2S. The molecule has 0 amide bonds. The zero-order chi connectivity index (χ0) is 19.0. The lowest BCUT2D eigenvalue weighted by Gasteiger charge is -2.33. The van der Waals surface area contributed by atoms with Crippen LogP contribution in [0.5, 0.6) is 11.5 Å². The van der Waals surface area contributed by atoms with Crippen LogP contribution in [0.3, 0.4) is 0 Å². The lowest BCUT2D eigenvalue weighted by Crippen LogP contribution is -2.35. The maximum Gasteiger partial charge on any atom is 0.160 e. The highest BCUT2D eigenvalue weighted by atomic mass is 79.9. The predicted octanol–water partition coefficient (Wildman–Crippen LogP) is 4.84. The first-order valence-electron chi connectivity index (χ1n) is 8.99. The number of aliphatic imine (C=N–C) groups is 1. The van der Waals surface area contributed by atoms with Crippen molar-refractivity contribution in [2.75, 3.05) is 20.0 Å². The normalized spacial score (nSPS) is 23.9. The van der Waals surface area contributed by atoms with Gasteiger partial charge in [-0.15, -0.1) is 0 Å². The Morgan fingerprint density at radius 2 is 2.04 bits per heavy atom. The summed E-state index contributed by atoms with van der Waals surface area (Å²) in [6.07, 6.45) is 2.92. The van der Waals surface area contributed by atoms with Crippen LogP contribution in [0.15, 0.2) is 46.0 Å². The third kappa shape index (κ3) is 3.21. The van der Waals surface area contributed by atoms with E-state index in [1.54, 1.807) is 14.2 Å². The number of ether oxygens (including phenoxy) is 2. The Hall–Kier alpha value is -1.73. The lowest BCUT2D eigenvalue weighted by atomic mass is 9.94. The SMILES string of the molecule is CC[C@H]1CSC2=N[C@@H](c3ccccn3)[C@@H](c3cc(Br)c(OC)cc3OC)N21. The van der Waals surface area contributed by atoms with E-state index in [1.165, 1.54) is 0 Å². The second-order valence-electron chi connectivity index (χ2n) is 6.57. The molecular weight excluding hydrogens is 426 g/mol. The van der Waals surface area contributed by atoms with Gasteiger partial charge in [0, 0.05) is 29.6 Å². The molecule has 0 spiro atoms.